The van der Waals surface area contributed by atoms with Gasteiger partial charge in [0.15, 0.2) is 9.60 Å². The second-order valence-electron chi connectivity index (χ2n) is 5.49. The van der Waals surface area contributed by atoms with Crippen LogP contribution in [0.4, 0.5) is 5.69 Å². The summed E-state index contributed by atoms with van der Waals surface area (Å²) in [5, 5.41) is 2.89. The SMILES string of the molecule is C=CCn1c(=S)sc2c(=O)n(CC(=O)Nc3c(Cl)c(Cl)cc(Cl)c3Cl)cnc21. The lowest BCUT2D eigenvalue weighted by atomic mass is 10.3. The highest BCUT2D eigenvalue weighted by Gasteiger charge is 2.18. The number of hydrogen-bond acceptors (Lipinski definition) is 5. The first-order valence-corrected chi connectivity index (χ1v) is 10.3. The number of fused-ring (bicyclic) bond motifs is 1. The van der Waals surface area contributed by atoms with E-state index in [4.69, 9.17) is 58.6 Å². The first kappa shape index (κ1) is 21.3. The molecule has 0 spiro atoms. The number of rotatable bonds is 5. The number of allylic oxidation sites excluding steroid dienone is 1. The van der Waals surface area contributed by atoms with Crippen LogP contribution in [0.3, 0.4) is 0 Å². The van der Waals surface area contributed by atoms with Crippen molar-refractivity contribution in [2.75, 3.05) is 5.32 Å². The fourth-order valence-corrected chi connectivity index (χ4v) is 4.61. The van der Waals surface area contributed by atoms with Crippen LogP contribution in [-0.2, 0) is 17.9 Å². The number of hydrogen-bond donors (Lipinski definition) is 1. The van der Waals surface area contributed by atoms with Crippen molar-refractivity contribution >= 4 is 91.9 Å². The van der Waals surface area contributed by atoms with Crippen molar-refractivity contribution in [3.63, 3.8) is 0 Å². The number of nitrogens with one attached hydrogen (secondary N) is 1. The number of thiazole rings is 1. The van der Waals surface area contributed by atoms with Gasteiger partial charge in [-0.1, -0.05) is 63.8 Å². The molecule has 0 aliphatic carbocycles. The first-order valence-electron chi connectivity index (χ1n) is 7.57. The summed E-state index contributed by atoms with van der Waals surface area (Å²) in [4.78, 5) is 29.4. The van der Waals surface area contributed by atoms with Gasteiger partial charge >= 0.3 is 0 Å². The molecule has 0 radical (unpaired) electrons. The van der Waals surface area contributed by atoms with E-state index in [1.165, 1.54) is 12.4 Å². The summed E-state index contributed by atoms with van der Waals surface area (Å²) < 4.78 is 3.70. The molecule has 0 saturated carbocycles. The maximum absolute atomic E-state index is 12.7. The van der Waals surface area contributed by atoms with Crippen molar-refractivity contribution in [3.8, 4) is 0 Å². The van der Waals surface area contributed by atoms with E-state index >= 15 is 0 Å². The van der Waals surface area contributed by atoms with Gasteiger partial charge in [-0.3, -0.25) is 14.2 Å². The van der Waals surface area contributed by atoms with E-state index in [2.05, 4.69) is 16.9 Å². The molecule has 2 heterocycles. The zero-order chi connectivity index (χ0) is 20.6. The van der Waals surface area contributed by atoms with Crippen LogP contribution >= 0.6 is 70.0 Å². The molecule has 1 aromatic carbocycles. The fraction of sp³-hybridized carbons (Fsp3) is 0.125. The number of aromatic nitrogens is 3. The third-order valence-corrected chi connectivity index (χ3v) is 6.65. The lowest BCUT2D eigenvalue weighted by Gasteiger charge is -2.12. The molecule has 28 heavy (non-hydrogen) atoms. The van der Waals surface area contributed by atoms with Crippen molar-refractivity contribution in [1.29, 1.82) is 0 Å². The standard InChI is InChI=1S/C16H10Cl4N4O2S2/c1-2-3-24-14-13(28-16(24)27)15(26)23(6-21-14)5-9(25)22-12-10(19)7(17)4-8(18)11(12)20/h2,4,6H,1,3,5H2,(H,22,25). The highest BCUT2D eigenvalue weighted by atomic mass is 35.5. The molecule has 146 valence electrons. The molecule has 0 unspecified atom stereocenters. The monoisotopic (exact) mass is 494 g/mol. The molecular weight excluding hydrogens is 486 g/mol. The lowest BCUT2D eigenvalue weighted by molar-refractivity contribution is -0.116. The summed E-state index contributed by atoms with van der Waals surface area (Å²) in [5.41, 5.74) is 0.130. The quantitative estimate of drug-likeness (QED) is 0.291. The van der Waals surface area contributed by atoms with E-state index in [1.807, 2.05) is 0 Å². The number of nitrogens with zero attached hydrogens (tertiary/aromatic N) is 3. The zero-order valence-electron chi connectivity index (χ0n) is 13.8. The summed E-state index contributed by atoms with van der Waals surface area (Å²) in [7, 11) is 0. The number of amides is 1. The summed E-state index contributed by atoms with van der Waals surface area (Å²) in [6, 6.07) is 1.37. The topological polar surface area (TPSA) is 68.9 Å². The van der Waals surface area contributed by atoms with Crippen molar-refractivity contribution < 1.29 is 4.79 Å². The van der Waals surface area contributed by atoms with Gasteiger partial charge in [-0.2, -0.15) is 0 Å². The van der Waals surface area contributed by atoms with E-state index in [0.717, 1.165) is 15.9 Å². The van der Waals surface area contributed by atoms with Gasteiger partial charge in [-0.15, -0.1) is 6.58 Å². The normalized spacial score (nSPS) is 11.0. The molecule has 3 aromatic rings. The van der Waals surface area contributed by atoms with Crippen LogP contribution in [-0.4, -0.2) is 20.0 Å². The van der Waals surface area contributed by atoms with Crippen molar-refractivity contribution in [1.82, 2.24) is 14.1 Å². The highest BCUT2D eigenvalue weighted by molar-refractivity contribution is 7.73. The maximum Gasteiger partial charge on any atom is 0.273 e. The minimum atomic E-state index is -0.556. The largest absolute Gasteiger partial charge is 0.322 e. The Morgan fingerprint density at radius 2 is 1.93 bits per heavy atom. The van der Waals surface area contributed by atoms with Gasteiger partial charge in [0.05, 0.1) is 25.8 Å². The minimum absolute atomic E-state index is 0.0461. The molecule has 0 fully saturated rings. The molecule has 1 N–H and O–H groups in total. The lowest BCUT2D eigenvalue weighted by Crippen LogP contribution is -2.28. The van der Waals surface area contributed by atoms with Gasteiger partial charge in [-0.05, 0) is 18.3 Å². The molecule has 3 rings (SSSR count). The average molecular weight is 496 g/mol. The van der Waals surface area contributed by atoms with Gasteiger partial charge < -0.3 is 9.88 Å². The van der Waals surface area contributed by atoms with Gasteiger partial charge in [-0.25, -0.2) is 4.98 Å². The Morgan fingerprint density at radius 1 is 1.29 bits per heavy atom. The van der Waals surface area contributed by atoms with E-state index in [1.54, 1.807) is 10.6 Å². The Hall–Kier alpha value is -1.42. The Morgan fingerprint density at radius 3 is 2.54 bits per heavy atom. The summed E-state index contributed by atoms with van der Waals surface area (Å²) in [6.07, 6.45) is 2.94. The van der Waals surface area contributed by atoms with Crippen molar-refractivity contribution in [3.05, 3.63) is 59.4 Å². The molecule has 1 amide bonds. The molecule has 2 aromatic heterocycles. The van der Waals surface area contributed by atoms with E-state index in [9.17, 15) is 9.59 Å². The summed E-state index contributed by atoms with van der Waals surface area (Å²) >= 11 is 30.5. The fourth-order valence-electron chi connectivity index (χ4n) is 2.39. The predicted molar refractivity (Wildman–Crippen MR) is 118 cm³/mol. The number of benzene rings is 1. The number of carbonyl (C=O) groups excluding carboxylic acids is 1. The first-order chi connectivity index (χ1) is 13.2. The second-order valence-corrected chi connectivity index (χ2v) is 8.70. The zero-order valence-corrected chi connectivity index (χ0v) is 18.5. The number of anilines is 1. The van der Waals surface area contributed by atoms with Crippen LogP contribution in [0.5, 0.6) is 0 Å². The highest BCUT2D eigenvalue weighted by Crippen LogP contribution is 2.41. The van der Waals surface area contributed by atoms with Crippen LogP contribution in [0.15, 0.2) is 29.8 Å². The van der Waals surface area contributed by atoms with E-state index < -0.39 is 5.91 Å². The molecule has 12 heteroatoms. The molecule has 0 aliphatic heterocycles. The van der Waals surface area contributed by atoms with Gasteiger partial charge in [0, 0.05) is 6.54 Å². The van der Waals surface area contributed by atoms with Gasteiger partial charge in [0.2, 0.25) is 5.91 Å². The maximum atomic E-state index is 12.7. The molecule has 0 aliphatic rings. The van der Waals surface area contributed by atoms with Crippen molar-refractivity contribution in [2.45, 2.75) is 13.1 Å². The smallest absolute Gasteiger partial charge is 0.273 e. The average Bonchev–Trinajstić information content (AvgIpc) is 2.96. The van der Waals surface area contributed by atoms with E-state index in [0.29, 0.717) is 20.8 Å². The van der Waals surface area contributed by atoms with E-state index in [-0.39, 0.29) is 37.9 Å². The Balaban J connectivity index is 1.93. The number of halogens is 4. The summed E-state index contributed by atoms with van der Waals surface area (Å²) in [5.74, 6) is -0.556. The Labute approximate surface area is 187 Å². The van der Waals surface area contributed by atoms with Crippen LogP contribution in [0.1, 0.15) is 0 Å². The van der Waals surface area contributed by atoms with Gasteiger partial charge in [0.1, 0.15) is 17.6 Å². The molecule has 0 saturated heterocycles. The number of carbonyl (C=O) groups is 1. The molecular formula is C16H10Cl4N4O2S2. The minimum Gasteiger partial charge on any atom is -0.322 e. The van der Waals surface area contributed by atoms with Crippen LogP contribution in [0.25, 0.3) is 10.3 Å². The molecule has 6 nitrogen and oxygen atoms in total. The second kappa shape index (κ2) is 8.52. The van der Waals surface area contributed by atoms with Crippen LogP contribution < -0.4 is 10.9 Å². The van der Waals surface area contributed by atoms with Gasteiger partial charge in [0.25, 0.3) is 5.56 Å². The van der Waals surface area contributed by atoms with Crippen LogP contribution in [0.2, 0.25) is 20.1 Å². The Bertz CT molecular complexity index is 1210. The predicted octanol–water partition coefficient (Wildman–Crippen LogP) is 5.43. The van der Waals surface area contributed by atoms with Crippen LogP contribution in [0, 0.1) is 3.95 Å². The molecule has 0 atom stereocenters. The third-order valence-electron chi connectivity index (χ3n) is 3.64. The Kier molecular flexibility index (Phi) is 6.48. The summed E-state index contributed by atoms with van der Waals surface area (Å²) in [6.45, 7) is 3.78. The molecule has 0 bridgehead atoms. The third kappa shape index (κ3) is 3.98. The van der Waals surface area contributed by atoms with Crippen molar-refractivity contribution in [2.24, 2.45) is 0 Å².